The van der Waals surface area contributed by atoms with Crippen LogP contribution < -0.4 is 0 Å². The molecule has 0 aromatic carbocycles. The molecule has 0 bridgehead atoms. The van der Waals surface area contributed by atoms with Crippen molar-refractivity contribution >= 4 is 11.3 Å². The van der Waals surface area contributed by atoms with Crippen molar-refractivity contribution in [2.75, 3.05) is 0 Å². The molecule has 0 radical (unpaired) electrons. The summed E-state index contributed by atoms with van der Waals surface area (Å²) in [7, 11) is 0. The molecule has 0 atom stereocenters. The van der Waals surface area contributed by atoms with Crippen LogP contribution in [-0.2, 0) is 6.54 Å². The number of aromatic nitrogens is 1. The summed E-state index contributed by atoms with van der Waals surface area (Å²) in [5, 5.41) is 3.40. The van der Waals surface area contributed by atoms with Crippen molar-refractivity contribution in [1.29, 1.82) is 0 Å². The number of hydrogen-bond acceptors (Lipinski definition) is 3. The molecule has 5 heteroatoms. The highest BCUT2D eigenvalue weighted by Gasteiger charge is 1.97. The minimum atomic E-state index is 0.367. The Hall–Kier alpha value is -1.06. The highest BCUT2D eigenvalue weighted by atomic mass is 32.1. The number of nitrogens with zero attached hydrogens (tertiary/aromatic N) is 4. The molecule has 52 valence electrons. The summed E-state index contributed by atoms with van der Waals surface area (Å²) in [5.74, 6) is 0. The first-order valence-corrected chi connectivity index (χ1v) is 3.62. The van der Waals surface area contributed by atoms with E-state index in [1.54, 1.807) is 16.8 Å². The fraction of sp³-hybridized carbons (Fsp3) is 0.400. The molecule has 0 N–H and O–H groups in total. The Morgan fingerprint density at radius 1 is 1.90 bits per heavy atom. The van der Waals surface area contributed by atoms with Crippen molar-refractivity contribution in [3.05, 3.63) is 26.5 Å². The lowest BCUT2D eigenvalue weighted by molar-refractivity contribution is 0.981. The van der Waals surface area contributed by atoms with E-state index >= 15 is 0 Å². The van der Waals surface area contributed by atoms with Gasteiger partial charge in [0.2, 0.25) is 0 Å². The number of rotatable bonds is 2. The molecule has 0 saturated heterocycles. The first kappa shape index (κ1) is 7.05. The normalized spacial score (nSPS) is 8.90. The third-order valence-electron chi connectivity index (χ3n) is 1.13. The van der Waals surface area contributed by atoms with Gasteiger partial charge in [-0.1, -0.05) is 5.11 Å². The minimum Gasteiger partial charge on any atom is -0.249 e. The van der Waals surface area contributed by atoms with E-state index in [0.717, 1.165) is 10.6 Å². The molecular weight excluding hydrogens is 148 g/mol. The van der Waals surface area contributed by atoms with E-state index in [4.69, 9.17) is 5.53 Å². The van der Waals surface area contributed by atoms with Crippen LogP contribution in [0.25, 0.3) is 10.4 Å². The summed E-state index contributed by atoms with van der Waals surface area (Å²) < 4.78 is 0. The number of hydrogen-bond donors (Lipinski definition) is 0. The van der Waals surface area contributed by atoms with Gasteiger partial charge in [-0.3, -0.25) is 0 Å². The predicted octanol–water partition coefficient (Wildman–Crippen LogP) is 2.26. The summed E-state index contributed by atoms with van der Waals surface area (Å²) in [6.07, 6.45) is 0. The Labute approximate surface area is 62.2 Å². The van der Waals surface area contributed by atoms with E-state index in [1.807, 2.05) is 6.92 Å². The third kappa shape index (κ3) is 1.46. The van der Waals surface area contributed by atoms with Crippen molar-refractivity contribution in [3.63, 3.8) is 0 Å². The minimum absolute atomic E-state index is 0.367. The van der Waals surface area contributed by atoms with Gasteiger partial charge in [0, 0.05) is 9.79 Å². The zero-order valence-electron chi connectivity index (χ0n) is 5.48. The molecule has 1 aromatic rings. The van der Waals surface area contributed by atoms with Crippen LogP contribution >= 0.6 is 11.3 Å². The lowest BCUT2D eigenvalue weighted by Gasteiger charge is -1.86. The molecule has 10 heavy (non-hydrogen) atoms. The number of thiazole rings is 1. The number of azide groups is 1. The van der Waals surface area contributed by atoms with Gasteiger partial charge in [0.25, 0.3) is 0 Å². The van der Waals surface area contributed by atoms with Crippen molar-refractivity contribution in [3.8, 4) is 0 Å². The van der Waals surface area contributed by atoms with E-state index in [1.165, 1.54) is 0 Å². The van der Waals surface area contributed by atoms with Crippen LogP contribution in [0.2, 0.25) is 0 Å². The van der Waals surface area contributed by atoms with Crippen molar-refractivity contribution in [1.82, 2.24) is 4.98 Å². The van der Waals surface area contributed by atoms with E-state index in [2.05, 4.69) is 15.0 Å². The first-order valence-electron chi connectivity index (χ1n) is 2.74. The lowest BCUT2D eigenvalue weighted by atomic mass is 10.4. The quantitative estimate of drug-likeness (QED) is 0.366. The Bertz CT molecular complexity index is 260. The van der Waals surface area contributed by atoms with Gasteiger partial charge in [-0.05, 0) is 12.5 Å². The second-order valence-electron chi connectivity index (χ2n) is 1.74. The van der Waals surface area contributed by atoms with E-state index < -0.39 is 0 Å². The van der Waals surface area contributed by atoms with Gasteiger partial charge in [-0.2, -0.15) is 0 Å². The van der Waals surface area contributed by atoms with Crippen LogP contribution in [0.4, 0.5) is 0 Å². The molecule has 1 heterocycles. The largest absolute Gasteiger partial charge is 0.249 e. The molecule has 0 aliphatic heterocycles. The van der Waals surface area contributed by atoms with Crippen LogP contribution in [0, 0.1) is 6.92 Å². The van der Waals surface area contributed by atoms with Crippen LogP contribution in [0.1, 0.15) is 10.6 Å². The van der Waals surface area contributed by atoms with Gasteiger partial charge in [-0.25, -0.2) is 4.98 Å². The van der Waals surface area contributed by atoms with Gasteiger partial charge < -0.3 is 0 Å². The lowest BCUT2D eigenvalue weighted by Crippen LogP contribution is -1.81. The zero-order chi connectivity index (χ0) is 7.40. The fourth-order valence-corrected chi connectivity index (χ4v) is 1.17. The average Bonchev–Trinajstić information content (AvgIpc) is 2.31. The summed E-state index contributed by atoms with van der Waals surface area (Å²) in [5.41, 5.74) is 10.6. The molecule has 0 saturated carbocycles. The highest BCUT2D eigenvalue weighted by molar-refractivity contribution is 7.09. The topological polar surface area (TPSA) is 61.7 Å². The highest BCUT2D eigenvalue weighted by Crippen LogP contribution is 2.11. The van der Waals surface area contributed by atoms with Gasteiger partial charge in [0.15, 0.2) is 0 Å². The van der Waals surface area contributed by atoms with E-state index in [9.17, 15) is 0 Å². The maximum absolute atomic E-state index is 7.99. The summed E-state index contributed by atoms with van der Waals surface area (Å²) in [6, 6.07) is 0. The summed E-state index contributed by atoms with van der Waals surface area (Å²) in [6.45, 7) is 2.33. The van der Waals surface area contributed by atoms with Crippen molar-refractivity contribution in [2.24, 2.45) is 5.11 Å². The van der Waals surface area contributed by atoms with Gasteiger partial charge in [0.05, 0.1) is 17.7 Å². The Morgan fingerprint density at radius 3 is 3.20 bits per heavy atom. The predicted molar refractivity (Wildman–Crippen MR) is 39.7 cm³/mol. The molecule has 0 aliphatic rings. The van der Waals surface area contributed by atoms with Crippen molar-refractivity contribution < 1.29 is 0 Å². The van der Waals surface area contributed by atoms with Crippen LogP contribution in [-0.4, -0.2) is 4.98 Å². The smallest absolute Gasteiger partial charge is 0.0797 e. The zero-order valence-corrected chi connectivity index (χ0v) is 6.30. The SMILES string of the molecule is Cc1scnc1CN=[N+]=[N-]. The maximum Gasteiger partial charge on any atom is 0.0797 e. The fourth-order valence-electron chi connectivity index (χ4n) is 0.579. The molecule has 0 spiro atoms. The second-order valence-corrected chi connectivity index (χ2v) is 2.80. The maximum atomic E-state index is 7.99. The third-order valence-corrected chi connectivity index (χ3v) is 1.93. The average molecular weight is 154 g/mol. The Morgan fingerprint density at radius 2 is 2.70 bits per heavy atom. The molecule has 0 fully saturated rings. The van der Waals surface area contributed by atoms with Crippen molar-refractivity contribution in [2.45, 2.75) is 13.5 Å². The van der Waals surface area contributed by atoms with Crippen LogP contribution in [0.5, 0.6) is 0 Å². The molecular formula is C5H6N4S. The Kier molecular flexibility index (Phi) is 2.25. The monoisotopic (exact) mass is 154 g/mol. The van der Waals surface area contributed by atoms with Gasteiger partial charge >= 0.3 is 0 Å². The molecule has 0 aliphatic carbocycles. The summed E-state index contributed by atoms with van der Waals surface area (Å²) >= 11 is 1.56. The molecule has 1 rings (SSSR count). The Balaban J connectivity index is 2.74. The molecule has 0 unspecified atom stereocenters. The number of aryl methyl sites for hydroxylation is 1. The standard InChI is InChI=1S/C5H6N4S/c1-4-5(2-8-9-6)7-3-10-4/h3H,2H2,1H3. The molecule has 0 amide bonds. The van der Waals surface area contributed by atoms with E-state index in [-0.39, 0.29) is 0 Å². The second kappa shape index (κ2) is 3.20. The van der Waals surface area contributed by atoms with Crippen LogP contribution in [0.3, 0.4) is 0 Å². The van der Waals surface area contributed by atoms with Crippen LogP contribution in [0.15, 0.2) is 10.6 Å². The van der Waals surface area contributed by atoms with E-state index in [0.29, 0.717) is 6.54 Å². The van der Waals surface area contributed by atoms with Gasteiger partial charge in [-0.15, -0.1) is 11.3 Å². The molecule has 1 aromatic heterocycles. The first-order chi connectivity index (χ1) is 4.84. The summed E-state index contributed by atoms with van der Waals surface area (Å²) in [4.78, 5) is 7.77. The van der Waals surface area contributed by atoms with Gasteiger partial charge in [0.1, 0.15) is 0 Å². The molecule has 4 nitrogen and oxygen atoms in total.